The average Bonchev–Trinajstić information content (AvgIpc) is 2.59. The van der Waals surface area contributed by atoms with Gasteiger partial charge >= 0.3 is 0 Å². The summed E-state index contributed by atoms with van der Waals surface area (Å²) in [6.45, 7) is 4.90. The van der Waals surface area contributed by atoms with E-state index in [9.17, 15) is 0 Å². The van der Waals surface area contributed by atoms with Crippen LogP contribution in [0, 0.1) is 0 Å². The number of halogens is 1. The maximum Gasteiger partial charge on any atom is 0.165 e. The van der Waals surface area contributed by atoms with Crippen LogP contribution < -0.4 is 9.47 Å². The van der Waals surface area contributed by atoms with E-state index in [-0.39, 0.29) is 5.60 Å². The van der Waals surface area contributed by atoms with Crippen LogP contribution in [0.25, 0.3) is 0 Å². The molecule has 0 radical (unpaired) electrons. The van der Waals surface area contributed by atoms with Crippen molar-refractivity contribution in [3.8, 4) is 11.5 Å². The van der Waals surface area contributed by atoms with Crippen LogP contribution in [0.15, 0.2) is 18.2 Å². The zero-order valence-electron chi connectivity index (χ0n) is 10.5. The Morgan fingerprint density at radius 1 is 1.35 bits per heavy atom. The maximum absolute atomic E-state index is 5.93. The topological polar surface area (TPSA) is 18.5 Å². The molecule has 2 rings (SSSR count). The molecular weight excluding hydrogens is 236 g/mol. The Labute approximate surface area is 108 Å². The molecule has 2 nitrogen and oxygen atoms in total. The second-order valence-electron chi connectivity index (χ2n) is 5.03. The van der Waals surface area contributed by atoms with Gasteiger partial charge in [0.25, 0.3) is 0 Å². The summed E-state index contributed by atoms with van der Waals surface area (Å²) < 4.78 is 11.7. The van der Waals surface area contributed by atoms with Gasteiger partial charge in [0.2, 0.25) is 0 Å². The summed E-state index contributed by atoms with van der Waals surface area (Å²) in [5.41, 5.74) is 1.13. The highest BCUT2D eigenvalue weighted by Gasteiger charge is 2.32. The lowest BCUT2D eigenvalue weighted by atomic mass is 10.0. The van der Waals surface area contributed by atoms with Crippen molar-refractivity contribution < 1.29 is 9.47 Å². The molecule has 0 unspecified atom stereocenters. The van der Waals surface area contributed by atoms with E-state index in [1.54, 1.807) is 0 Å². The summed E-state index contributed by atoms with van der Waals surface area (Å²) in [6, 6.07) is 6.11. The molecule has 0 atom stereocenters. The fraction of sp³-hybridized carbons (Fsp3) is 0.571. The molecular formula is C14H19ClO2. The molecule has 0 spiro atoms. The van der Waals surface area contributed by atoms with Crippen LogP contribution >= 0.6 is 11.6 Å². The number of alkyl halides is 1. The van der Waals surface area contributed by atoms with Gasteiger partial charge in [0.05, 0.1) is 6.61 Å². The van der Waals surface area contributed by atoms with Gasteiger partial charge < -0.3 is 9.47 Å². The van der Waals surface area contributed by atoms with Crippen molar-refractivity contribution in [3.63, 3.8) is 0 Å². The van der Waals surface area contributed by atoms with Gasteiger partial charge in [-0.1, -0.05) is 12.1 Å². The van der Waals surface area contributed by atoms with Gasteiger partial charge in [-0.2, -0.15) is 0 Å². The molecule has 1 aliphatic heterocycles. The van der Waals surface area contributed by atoms with E-state index in [2.05, 4.69) is 19.9 Å². The van der Waals surface area contributed by atoms with Gasteiger partial charge in [0.15, 0.2) is 11.5 Å². The van der Waals surface area contributed by atoms with Crippen LogP contribution in [0.4, 0.5) is 0 Å². The Morgan fingerprint density at radius 3 is 2.94 bits per heavy atom. The lowest BCUT2D eigenvalue weighted by molar-refractivity contribution is 0.132. The zero-order valence-corrected chi connectivity index (χ0v) is 11.2. The number of hydrogen-bond donors (Lipinski definition) is 0. The molecule has 1 aromatic carbocycles. The van der Waals surface area contributed by atoms with Crippen molar-refractivity contribution in [1.29, 1.82) is 0 Å². The Balaban J connectivity index is 2.03. The molecule has 1 aromatic rings. The first kappa shape index (κ1) is 12.6. The Kier molecular flexibility index (Phi) is 3.82. The van der Waals surface area contributed by atoms with E-state index in [0.717, 1.165) is 30.8 Å². The van der Waals surface area contributed by atoms with Crippen molar-refractivity contribution in [2.45, 2.75) is 38.7 Å². The molecule has 1 heterocycles. The standard InChI is InChI=1S/C14H19ClO2/c1-14(2)10-11-6-5-7-12(13(11)17-14)16-9-4-3-8-15/h5-7H,3-4,8-10H2,1-2H3. The Morgan fingerprint density at radius 2 is 2.18 bits per heavy atom. The number of fused-ring (bicyclic) bond motifs is 1. The first-order valence-corrected chi connectivity index (χ1v) is 6.65. The maximum atomic E-state index is 5.93. The third kappa shape index (κ3) is 3.06. The van der Waals surface area contributed by atoms with Gasteiger partial charge in [0, 0.05) is 17.9 Å². The summed E-state index contributed by atoms with van der Waals surface area (Å²) in [5.74, 6) is 2.48. The number of hydrogen-bond acceptors (Lipinski definition) is 2. The van der Waals surface area contributed by atoms with Crippen LogP contribution in [0.2, 0.25) is 0 Å². The van der Waals surface area contributed by atoms with Crippen LogP contribution in [-0.2, 0) is 6.42 Å². The third-order valence-electron chi connectivity index (χ3n) is 2.84. The van der Waals surface area contributed by atoms with Crippen molar-refractivity contribution in [2.24, 2.45) is 0 Å². The van der Waals surface area contributed by atoms with Crippen molar-refractivity contribution in [2.75, 3.05) is 12.5 Å². The van der Waals surface area contributed by atoms with Crippen LogP contribution in [0.3, 0.4) is 0 Å². The predicted molar refractivity (Wildman–Crippen MR) is 70.3 cm³/mol. The quantitative estimate of drug-likeness (QED) is 0.588. The molecule has 94 valence electrons. The molecule has 1 aliphatic rings. The number of para-hydroxylation sites is 1. The van der Waals surface area contributed by atoms with E-state index >= 15 is 0 Å². The molecule has 0 N–H and O–H groups in total. The first-order valence-electron chi connectivity index (χ1n) is 6.12. The minimum absolute atomic E-state index is 0.113. The van der Waals surface area contributed by atoms with E-state index in [0.29, 0.717) is 12.5 Å². The van der Waals surface area contributed by atoms with Crippen LogP contribution in [0.5, 0.6) is 11.5 Å². The van der Waals surface area contributed by atoms with E-state index in [1.807, 2.05) is 12.1 Å². The number of unbranched alkanes of at least 4 members (excludes halogenated alkanes) is 1. The molecule has 0 saturated carbocycles. The Hall–Kier alpha value is -0.890. The molecule has 3 heteroatoms. The second kappa shape index (κ2) is 5.18. The molecule has 0 aliphatic carbocycles. The lowest BCUT2D eigenvalue weighted by Gasteiger charge is -2.18. The fourth-order valence-electron chi connectivity index (χ4n) is 2.08. The highest BCUT2D eigenvalue weighted by molar-refractivity contribution is 6.17. The zero-order chi connectivity index (χ0) is 12.3. The molecule has 17 heavy (non-hydrogen) atoms. The molecule has 0 fully saturated rings. The fourth-order valence-corrected chi connectivity index (χ4v) is 2.27. The normalized spacial score (nSPS) is 16.4. The smallest absolute Gasteiger partial charge is 0.165 e. The highest BCUT2D eigenvalue weighted by Crippen LogP contribution is 2.41. The SMILES string of the molecule is CC1(C)Cc2cccc(OCCCCCl)c2O1. The van der Waals surface area contributed by atoms with Crippen LogP contribution in [-0.4, -0.2) is 18.1 Å². The van der Waals surface area contributed by atoms with E-state index < -0.39 is 0 Å². The van der Waals surface area contributed by atoms with Crippen molar-refractivity contribution >= 4 is 11.6 Å². The summed E-state index contributed by atoms with van der Waals surface area (Å²) in [7, 11) is 0. The number of benzene rings is 1. The van der Waals surface area contributed by atoms with E-state index in [4.69, 9.17) is 21.1 Å². The first-order chi connectivity index (χ1) is 8.12. The largest absolute Gasteiger partial charge is 0.490 e. The minimum atomic E-state index is -0.113. The molecule has 0 aromatic heterocycles. The lowest BCUT2D eigenvalue weighted by Crippen LogP contribution is -2.24. The minimum Gasteiger partial charge on any atom is -0.490 e. The van der Waals surface area contributed by atoms with Gasteiger partial charge in [-0.3, -0.25) is 0 Å². The average molecular weight is 255 g/mol. The summed E-state index contributed by atoms with van der Waals surface area (Å²) in [4.78, 5) is 0. The van der Waals surface area contributed by atoms with Gasteiger partial charge in [0.1, 0.15) is 5.60 Å². The highest BCUT2D eigenvalue weighted by atomic mass is 35.5. The van der Waals surface area contributed by atoms with E-state index in [1.165, 1.54) is 5.56 Å². The van der Waals surface area contributed by atoms with Gasteiger partial charge in [-0.15, -0.1) is 11.6 Å². The third-order valence-corrected chi connectivity index (χ3v) is 3.11. The van der Waals surface area contributed by atoms with Crippen molar-refractivity contribution in [1.82, 2.24) is 0 Å². The molecule has 0 saturated heterocycles. The summed E-state index contributed by atoms with van der Waals surface area (Å²) in [6.07, 6.45) is 2.92. The molecule has 0 bridgehead atoms. The predicted octanol–water partition coefficient (Wildman–Crippen LogP) is 3.80. The summed E-state index contributed by atoms with van der Waals surface area (Å²) in [5, 5.41) is 0. The summed E-state index contributed by atoms with van der Waals surface area (Å²) >= 11 is 5.63. The van der Waals surface area contributed by atoms with Gasteiger partial charge in [-0.25, -0.2) is 0 Å². The van der Waals surface area contributed by atoms with Crippen LogP contribution in [0.1, 0.15) is 32.3 Å². The second-order valence-corrected chi connectivity index (χ2v) is 5.41. The Bertz CT molecular complexity index is 388. The molecule has 0 amide bonds. The van der Waals surface area contributed by atoms with Crippen molar-refractivity contribution in [3.05, 3.63) is 23.8 Å². The van der Waals surface area contributed by atoms with Gasteiger partial charge in [-0.05, 0) is 32.8 Å². The number of ether oxygens (including phenoxy) is 2. The monoisotopic (exact) mass is 254 g/mol. The number of rotatable bonds is 5.